The Balaban J connectivity index is 1.70. The maximum absolute atomic E-state index is 11.9. The van der Waals surface area contributed by atoms with E-state index in [0.29, 0.717) is 53.4 Å². The minimum absolute atomic E-state index is 0.228. The van der Waals surface area contributed by atoms with Crippen LogP contribution in [0.25, 0.3) is 11.4 Å². The van der Waals surface area contributed by atoms with Gasteiger partial charge in [0.15, 0.2) is 11.5 Å². The van der Waals surface area contributed by atoms with E-state index < -0.39 is 0 Å². The molecule has 1 aliphatic heterocycles. The van der Waals surface area contributed by atoms with Crippen LogP contribution in [-0.4, -0.2) is 73.9 Å². The second-order valence-corrected chi connectivity index (χ2v) is 7.09. The van der Waals surface area contributed by atoms with E-state index in [-0.39, 0.29) is 5.91 Å². The van der Waals surface area contributed by atoms with Gasteiger partial charge in [-0.1, -0.05) is 5.16 Å². The molecule has 1 aliphatic rings. The molecule has 1 aromatic heterocycles. The number of carbonyl (C=O) groups excluding carboxylic acids is 1. The minimum Gasteiger partial charge on any atom is -0.493 e. The molecule has 3 rings (SSSR count). The molecule has 2 aromatic rings. The SMILES string of the molecule is CCN1CC(CN(C)Cc2nc(-c3ccc(OC)c(OC)c3OC)no2)CC1=O. The van der Waals surface area contributed by atoms with Crippen molar-refractivity contribution < 1.29 is 23.5 Å². The molecule has 9 nitrogen and oxygen atoms in total. The first-order valence-corrected chi connectivity index (χ1v) is 9.58. The standard InChI is InChI=1S/C20H28N4O5/c1-6-24-11-13(9-17(24)25)10-23(2)12-16-21-20(22-29-16)14-7-8-15(26-3)19(28-5)18(14)27-4/h7-8,13H,6,9-12H2,1-5H3. The van der Waals surface area contributed by atoms with Crippen molar-refractivity contribution >= 4 is 5.91 Å². The number of hydrogen-bond donors (Lipinski definition) is 0. The van der Waals surface area contributed by atoms with Crippen molar-refractivity contribution in [1.82, 2.24) is 19.9 Å². The molecule has 0 bridgehead atoms. The van der Waals surface area contributed by atoms with E-state index in [1.807, 2.05) is 24.9 Å². The summed E-state index contributed by atoms with van der Waals surface area (Å²) in [7, 11) is 6.66. The van der Waals surface area contributed by atoms with Crippen molar-refractivity contribution in [2.45, 2.75) is 19.9 Å². The van der Waals surface area contributed by atoms with E-state index in [9.17, 15) is 4.79 Å². The van der Waals surface area contributed by atoms with E-state index in [1.54, 1.807) is 27.4 Å². The zero-order valence-electron chi connectivity index (χ0n) is 17.6. The molecule has 0 saturated carbocycles. The summed E-state index contributed by atoms with van der Waals surface area (Å²) in [5.41, 5.74) is 0.655. The number of benzene rings is 1. The quantitative estimate of drug-likeness (QED) is 0.627. The van der Waals surface area contributed by atoms with Gasteiger partial charge in [0.05, 0.1) is 33.4 Å². The lowest BCUT2D eigenvalue weighted by Crippen LogP contribution is -2.28. The third-order valence-corrected chi connectivity index (χ3v) is 5.06. The van der Waals surface area contributed by atoms with Gasteiger partial charge in [0.2, 0.25) is 23.4 Å². The largest absolute Gasteiger partial charge is 0.493 e. The monoisotopic (exact) mass is 404 g/mol. The van der Waals surface area contributed by atoms with Gasteiger partial charge in [0.25, 0.3) is 0 Å². The van der Waals surface area contributed by atoms with Crippen LogP contribution in [0.2, 0.25) is 0 Å². The Kier molecular flexibility index (Phi) is 6.58. The van der Waals surface area contributed by atoms with Crippen molar-refractivity contribution in [2.24, 2.45) is 5.92 Å². The number of amides is 1. The summed E-state index contributed by atoms with van der Waals surface area (Å²) < 4.78 is 21.7. The van der Waals surface area contributed by atoms with Crippen LogP contribution in [-0.2, 0) is 11.3 Å². The van der Waals surface area contributed by atoms with E-state index in [2.05, 4.69) is 15.0 Å². The van der Waals surface area contributed by atoms with E-state index in [4.69, 9.17) is 18.7 Å². The summed E-state index contributed by atoms with van der Waals surface area (Å²) in [6, 6.07) is 3.58. The highest BCUT2D eigenvalue weighted by Crippen LogP contribution is 2.43. The number of aromatic nitrogens is 2. The zero-order chi connectivity index (χ0) is 21.0. The van der Waals surface area contributed by atoms with Gasteiger partial charge in [0, 0.05) is 26.1 Å². The fraction of sp³-hybridized carbons (Fsp3) is 0.550. The normalized spacial score (nSPS) is 16.6. The molecule has 2 heterocycles. The fourth-order valence-electron chi connectivity index (χ4n) is 3.72. The van der Waals surface area contributed by atoms with Crippen molar-refractivity contribution in [2.75, 3.05) is 48.0 Å². The number of methoxy groups -OCH3 is 3. The third kappa shape index (κ3) is 4.45. The number of ether oxygens (including phenoxy) is 3. The van der Waals surface area contributed by atoms with Gasteiger partial charge in [-0.3, -0.25) is 9.69 Å². The number of likely N-dealkylation sites (tertiary alicyclic amines) is 1. The highest BCUT2D eigenvalue weighted by atomic mass is 16.5. The van der Waals surface area contributed by atoms with Crippen molar-refractivity contribution in [3.63, 3.8) is 0 Å². The molecule has 1 aromatic carbocycles. The van der Waals surface area contributed by atoms with Gasteiger partial charge in [0.1, 0.15) is 0 Å². The second-order valence-electron chi connectivity index (χ2n) is 7.09. The Labute approximate surface area is 170 Å². The summed E-state index contributed by atoms with van der Waals surface area (Å²) in [6.45, 7) is 4.86. The molecule has 1 amide bonds. The van der Waals surface area contributed by atoms with Gasteiger partial charge in [-0.25, -0.2) is 0 Å². The zero-order valence-corrected chi connectivity index (χ0v) is 17.6. The fourth-order valence-corrected chi connectivity index (χ4v) is 3.72. The molecule has 1 atom stereocenters. The molecule has 29 heavy (non-hydrogen) atoms. The molecule has 1 unspecified atom stereocenters. The van der Waals surface area contributed by atoms with E-state index in [1.165, 1.54) is 0 Å². The van der Waals surface area contributed by atoms with Crippen molar-refractivity contribution in [3.05, 3.63) is 18.0 Å². The van der Waals surface area contributed by atoms with Crippen LogP contribution < -0.4 is 14.2 Å². The van der Waals surface area contributed by atoms with Crippen LogP contribution in [0, 0.1) is 5.92 Å². The van der Waals surface area contributed by atoms with Crippen molar-refractivity contribution in [1.29, 1.82) is 0 Å². The third-order valence-electron chi connectivity index (χ3n) is 5.06. The maximum Gasteiger partial charge on any atom is 0.241 e. The highest BCUT2D eigenvalue weighted by molar-refractivity contribution is 5.78. The van der Waals surface area contributed by atoms with E-state index >= 15 is 0 Å². The lowest BCUT2D eigenvalue weighted by atomic mass is 10.1. The molecular formula is C20H28N4O5. The average molecular weight is 404 g/mol. The van der Waals surface area contributed by atoms with Gasteiger partial charge >= 0.3 is 0 Å². The highest BCUT2D eigenvalue weighted by Gasteiger charge is 2.29. The molecule has 0 aliphatic carbocycles. The molecule has 1 saturated heterocycles. The Hall–Kier alpha value is -2.81. The van der Waals surface area contributed by atoms with Crippen LogP contribution in [0.15, 0.2) is 16.7 Å². The smallest absolute Gasteiger partial charge is 0.241 e. The molecule has 0 N–H and O–H groups in total. The van der Waals surface area contributed by atoms with Crippen LogP contribution in [0.4, 0.5) is 0 Å². The topological polar surface area (TPSA) is 90.2 Å². The lowest BCUT2D eigenvalue weighted by molar-refractivity contribution is -0.127. The molecule has 0 spiro atoms. The van der Waals surface area contributed by atoms with Crippen LogP contribution in [0.1, 0.15) is 19.2 Å². The molecule has 158 valence electrons. The Bertz CT molecular complexity index is 853. The summed E-state index contributed by atoms with van der Waals surface area (Å²) in [5, 5.41) is 4.10. The predicted octanol–water partition coefficient (Wildman–Crippen LogP) is 2.06. The Morgan fingerprint density at radius 1 is 1.21 bits per heavy atom. The number of hydrogen-bond acceptors (Lipinski definition) is 8. The first-order valence-electron chi connectivity index (χ1n) is 9.58. The first kappa shape index (κ1) is 20.9. The molecular weight excluding hydrogens is 376 g/mol. The molecule has 9 heteroatoms. The Morgan fingerprint density at radius 2 is 1.97 bits per heavy atom. The van der Waals surface area contributed by atoms with Crippen LogP contribution >= 0.6 is 0 Å². The predicted molar refractivity (Wildman–Crippen MR) is 106 cm³/mol. The summed E-state index contributed by atoms with van der Waals surface area (Å²) in [4.78, 5) is 20.4. The number of carbonyl (C=O) groups is 1. The van der Waals surface area contributed by atoms with Crippen LogP contribution in [0.5, 0.6) is 17.2 Å². The number of rotatable bonds is 9. The minimum atomic E-state index is 0.228. The average Bonchev–Trinajstić information content (AvgIpc) is 3.32. The summed E-state index contributed by atoms with van der Waals surface area (Å²) >= 11 is 0. The van der Waals surface area contributed by atoms with Gasteiger partial charge in [-0.15, -0.1) is 0 Å². The Morgan fingerprint density at radius 3 is 2.59 bits per heavy atom. The first-order chi connectivity index (χ1) is 14.0. The lowest BCUT2D eigenvalue weighted by Gasteiger charge is -2.19. The van der Waals surface area contributed by atoms with E-state index in [0.717, 1.165) is 19.6 Å². The summed E-state index contributed by atoms with van der Waals surface area (Å²) in [5.74, 6) is 2.98. The molecule has 0 radical (unpaired) electrons. The van der Waals surface area contributed by atoms with Gasteiger partial charge in [-0.05, 0) is 32.0 Å². The van der Waals surface area contributed by atoms with Gasteiger partial charge in [-0.2, -0.15) is 4.98 Å². The number of nitrogens with zero attached hydrogens (tertiary/aromatic N) is 4. The second kappa shape index (κ2) is 9.13. The van der Waals surface area contributed by atoms with Crippen LogP contribution in [0.3, 0.4) is 0 Å². The van der Waals surface area contributed by atoms with Gasteiger partial charge < -0.3 is 23.6 Å². The summed E-state index contributed by atoms with van der Waals surface area (Å²) in [6.07, 6.45) is 0.593. The van der Waals surface area contributed by atoms with Crippen molar-refractivity contribution in [3.8, 4) is 28.6 Å². The molecule has 1 fully saturated rings. The maximum atomic E-state index is 11.9.